The van der Waals surface area contributed by atoms with Crippen molar-refractivity contribution in [1.82, 2.24) is 0 Å². The van der Waals surface area contributed by atoms with Gasteiger partial charge in [0.05, 0.1) is 23.8 Å². The number of rotatable bonds is 5. The number of hydrogen-bond donors (Lipinski definition) is 3. The SMILES string of the molecule is COc1cccc2c1C(=O)c1c(O)c3c(c(O)c1C2=O)CC(O)(C(CF)(OC)OC)CC3. The van der Waals surface area contributed by atoms with Crippen molar-refractivity contribution in [2.45, 2.75) is 30.7 Å². The van der Waals surface area contributed by atoms with Crippen molar-refractivity contribution in [1.29, 1.82) is 0 Å². The fourth-order valence-electron chi connectivity index (χ4n) is 4.85. The minimum Gasteiger partial charge on any atom is -0.507 e. The molecule has 0 fully saturated rings. The van der Waals surface area contributed by atoms with Gasteiger partial charge < -0.3 is 29.5 Å². The smallest absolute Gasteiger partial charge is 0.226 e. The number of ether oxygens (including phenoxy) is 3. The third-order valence-electron chi connectivity index (χ3n) is 6.63. The summed E-state index contributed by atoms with van der Waals surface area (Å²) in [7, 11) is 3.73. The van der Waals surface area contributed by atoms with E-state index < -0.39 is 41.1 Å². The third-order valence-corrected chi connectivity index (χ3v) is 6.63. The summed E-state index contributed by atoms with van der Waals surface area (Å²) in [6.45, 7) is -1.17. The Kier molecular flexibility index (Phi) is 5.23. The number of phenols is 2. The summed E-state index contributed by atoms with van der Waals surface area (Å²) < 4.78 is 29.4. The minimum atomic E-state index is -2.01. The van der Waals surface area contributed by atoms with E-state index in [2.05, 4.69) is 0 Å². The zero-order valence-corrected chi connectivity index (χ0v) is 17.8. The maximum Gasteiger partial charge on any atom is 0.226 e. The lowest BCUT2D eigenvalue weighted by atomic mass is 9.71. The normalized spacial score (nSPS) is 19.9. The molecule has 9 heteroatoms. The highest BCUT2D eigenvalue weighted by atomic mass is 19.1. The number of aromatic hydroxyl groups is 2. The number of halogens is 1. The maximum absolute atomic E-state index is 13.9. The van der Waals surface area contributed by atoms with Crippen LogP contribution in [0.2, 0.25) is 0 Å². The van der Waals surface area contributed by atoms with E-state index in [1.807, 2.05) is 0 Å². The Morgan fingerprint density at radius 3 is 2.22 bits per heavy atom. The van der Waals surface area contributed by atoms with Crippen LogP contribution in [-0.4, -0.2) is 66.3 Å². The van der Waals surface area contributed by atoms with Crippen molar-refractivity contribution < 1.29 is 43.5 Å². The molecule has 0 amide bonds. The Balaban J connectivity index is 1.93. The van der Waals surface area contributed by atoms with Crippen molar-refractivity contribution in [3.8, 4) is 17.2 Å². The molecule has 2 aliphatic carbocycles. The van der Waals surface area contributed by atoms with Gasteiger partial charge in [-0.3, -0.25) is 9.59 Å². The first-order valence-electron chi connectivity index (χ1n) is 9.95. The molecule has 0 bridgehead atoms. The van der Waals surface area contributed by atoms with Crippen LogP contribution in [0.15, 0.2) is 18.2 Å². The van der Waals surface area contributed by atoms with Crippen LogP contribution in [0.3, 0.4) is 0 Å². The van der Waals surface area contributed by atoms with Crippen molar-refractivity contribution in [3.63, 3.8) is 0 Å². The summed E-state index contributed by atoms with van der Waals surface area (Å²) in [5.41, 5.74) is -2.32. The molecule has 0 aromatic heterocycles. The molecule has 8 nitrogen and oxygen atoms in total. The largest absolute Gasteiger partial charge is 0.507 e. The molecular formula is C23H23FO8. The van der Waals surface area contributed by atoms with E-state index in [-0.39, 0.29) is 58.4 Å². The van der Waals surface area contributed by atoms with Crippen LogP contribution in [-0.2, 0) is 22.3 Å². The Morgan fingerprint density at radius 1 is 1.00 bits per heavy atom. The molecule has 3 N–H and O–H groups in total. The van der Waals surface area contributed by atoms with Crippen molar-refractivity contribution in [2.75, 3.05) is 28.0 Å². The fraction of sp³-hybridized carbons (Fsp3) is 0.391. The lowest BCUT2D eigenvalue weighted by Crippen LogP contribution is -2.61. The van der Waals surface area contributed by atoms with Crippen LogP contribution in [0, 0.1) is 0 Å². The molecule has 2 aliphatic rings. The van der Waals surface area contributed by atoms with Gasteiger partial charge in [-0.25, -0.2) is 4.39 Å². The van der Waals surface area contributed by atoms with E-state index in [1.54, 1.807) is 0 Å². The number of benzene rings is 2. The fourth-order valence-corrected chi connectivity index (χ4v) is 4.85. The first-order valence-corrected chi connectivity index (χ1v) is 9.95. The molecule has 1 atom stereocenters. The number of aliphatic hydroxyl groups is 1. The summed E-state index contributed by atoms with van der Waals surface area (Å²) in [6.07, 6.45) is -0.473. The maximum atomic E-state index is 13.9. The molecule has 0 spiro atoms. The molecule has 4 rings (SSSR count). The van der Waals surface area contributed by atoms with Gasteiger partial charge >= 0.3 is 0 Å². The van der Waals surface area contributed by atoms with Crippen molar-refractivity contribution in [2.24, 2.45) is 0 Å². The van der Waals surface area contributed by atoms with Gasteiger partial charge in [-0.1, -0.05) is 12.1 Å². The molecule has 0 saturated heterocycles. The number of carbonyl (C=O) groups excluding carboxylic acids is 2. The lowest BCUT2D eigenvalue weighted by molar-refractivity contribution is -0.310. The highest BCUT2D eigenvalue weighted by Gasteiger charge is 2.55. The predicted molar refractivity (Wildman–Crippen MR) is 109 cm³/mol. The van der Waals surface area contributed by atoms with Crippen LogP contribution in [0.4, 0.5) is 4.39 Å². The average Bonchev–Trinajstić information content (AvgIpc) is 2.80. The molecule has 2 aromatic carbocycles. The molecule has 0 radical (unpaired) electrons. The van der Waals surface area contributed by atoms with Gasteiger partial charge in [-0.2, -0.15) is 0 Å². The summed E-state index contributed by atoms with van der Waals surface area (Å²) in [6, 6.07) is 4.49. The summed E-state index contributed by atoms with van der Waals surface area (Å²) in [4.78, 5) is 26.5. The first kappa shape index (κ1) is 22.2. The summed E-state index contributed by atoms with van der Waals surface area (Å²) in [5, 5.41) is 33.3. The monoisotopic (exact) mass is 446 g/mol. The zero-order valence-electron chi connectivity index (χ0n) is 17.8. The second kappa shape index (κ2) is 7.54. The number of fused-ring (bicyclic) bond motifs is 3. The first-order chi connectivity index (χ1) is 15.2. The van der Waals surface area contributed by atoms with Crippen LogP contribution in [0.1, 0.15) is 49.4 Å². The molecule has 32 heavy (non-hydrogen) atoms. The quantitative estimate of drug-likeness (QED) is 0.402. The third kappa shape index (κ3) is 2.71. The minimum absolute atomic E-state index is 0.00433. The van der Waals surface area contributed by atoms with E-state index >= 15 is 0 Å². The molecule has 0 aliphatic heterocycles. The molecule has 1 unspecified atom stereocenters. The van der Waals surface area contributed by atoms with Gasteiger partial charge in [0.15, 0.2) is 5.78 Å². The molecular weight excluding hydrogens is 423 g/mol. The number of carbonyl (C=O) groups is 2. The van der Waals surface area contributed by atoms with Gasteiger partial charge in [-0.15, -0.1) is 0 Å². The average molecular weight is 446 g/mol. The Hall–Kier alpha value is -3.01. The number of methoxy groups -OCH3 is 3. The second-order valence-electron chi connectivity index (χ2n) is 7.95. The molecule has 0 saturated carbocycles. The zero-order chi connectivity index (χ0) is 23.4. The number of alkyl halides is 1. The van der Waals surface area contributed by atoms with Crippen LogP contribution < -0.4 is 4.74 Å². The van der Waals surface area contributed by atoms with Gasteiger partial charge in [-0.05, 0) is 18.9 Å². The van der Waals surface area contributed by atoms with Gasteiger partial charge in [0, 0.05) is 37.3 Å². The highest BCUT2D eigenvalue weighted by molar-refractivity contribution is 6.31. The topological polar surface area (TPSA) is 123 Å². The predicted octanol–water partition coefficient (Wildman–Crippen LogP) is 2.06. The Bertz CT molecular complexity index is 1130. The number of ketones is 2. The Labute approximate surface area is 183 Å². The van der Waals surface area contributed by atoms with E-state index in [0.29, 0.717) is 0 Å². The van der Waals surface area contributed by atoms with E-state index in [4.69, 9.17) is 14.2 Å². The highest BCUT2D eigenvalue weighted by Crippen LogP contribution is 2.50. The molecule has 0 heterocycles. The summed E-state index contributed by atoms with van der Waals surface area (Å²) in [5.74, 6) is -4.17. The van der Waals surface area contributed by atoms with E-state index in [9.17, 15) is 29.3 Å². The van der Waals surface area contributed by atoms with Crippen LogP contribution >= 0.6 is 0 Å². The van der Waals surface area contributed by atoms with Crippen LogP contribution in [0.25, 0.3) is 0 Å². The number of hydrogen-bond acceptors (Lipinski definition) is 8. The molecule has 170 valence electrons. The molecule has 2 aromatic rings. The van der Waals surface area contributed by atoms with Gasteiger partial charge in [0.1, 0.15) is 29.5 Å². The van der Waals surface area contributed by atoms with Crippen LogP contribution in [0.5, 0.6) is 17.2 Å². The Morgan fingerprint density at radius 2 is 1.62 bits per heavy atom. The van der Waals surface area contributed by atoms with Crippen molar-refractivity contribution >= 4 is 11.6 Å². The summed E-state index contributed by atoms with van der Waals surface area (Å²) >= 11 is 0. The number of phenolic OH excluding ortho intramolecular Hbond substituents is 2. The standard InChI is InChI=1S/C23H23FO8/c1-30-14-6-4-5-12-15(14)21(28)17-16(19(12)26)20(27)13-9-22(29,8-7-11(13)18(17)25)23(10-24,31-2)32-3/h4-6,25,27,29H,7-10H2,1-3H3. The lowest BCUT2D eigenvalue weighted by Gasteiger charge is -2.46. The van der Waals surface area contributed by atoms with E-state index in [0.717, 1.165) is 0 Å². The van der Waals surface area contributed by atoms with Gasteiger partial charge in [0.25, 0.3) is 0 Å². The second-order valence-corrected chi connectivity index (χ2v) is 7.95. The van der Waals surface area contributed by atoms with Gasteiger partial charge in [0.2, 0.25) is 11.6 Å². The van der Waals surface area contributed by atoms with E-state index in [1.165, 1.54) is 39.5 Å². The van der Waals surface area contributed by atoms with Crippen molar-refractivity contribution in [3.05, 3.63) is 51.6 Å².